The van der Waals surface area contributed by atoms with Crippen LogP contribution in [0.15, 0.2) is 54.9 Å². The van der Waals surface area contributed by atoms with Crippen molar-refractivity contribution in [3.05, 3.63) is 65.4 Å². The molecule has 0 aliphatic rings. The van der Waals surface area contributed by atoms with Crippen LogP contribution in [-0.2, 0) is 0 Å². The summed E-state index contributed by atoms with van der Waals surface area (Å²) in [4.78, 5) is 12.8. The van der Waals surface area contributed by atoms with E-state index in [0.29, 0.717) is 33.5 Å². The molecule has 3 aromatic rings. The maximum atomic E-state index is 12.8. The van der Waals surface area contributed by atoms with Gasteiger partial charge in [0.1, 0.15) is 17.2 Å². The van der Waals surface area contributed by atoms with E-state index < -0.39 is 0 Å². The van der Waals surface area contributed by atoms with Crippen LogP contribution in [0.5, 0.6) is 17.2 Å². The standard InChI is InChI=1S/C20H19ClN2O4/c1-25-13-6-7-16(19(10-13)27-3)22-20(24)14-11-15(21)17(12-18(14)26-2)23-8-4-5-9-23/h4-12H,1-3H3,(H,22,24). The van der Waals surface area contributed by atoms with Crippen LogP contribution in [0.2, 0.25) is 5.02 Å². The van der Waals surface area contributed by atoms with E-state index in [4.69, 9.17) is 25.8 Å². The van der Waals surface area contributed by atoms with Gasteiger partial charge in [-0.05, 0) is 30.3 Å². The lowest BCUT2D eigenvalue weighted by Crippen LogP contribution is -2.14. The summed E-state index contributed by atoms with van der Waals surface area (Å²) >= 11 is 6.40. The summed E-state index contributed by atoms with van der Waals surface area (Å²) in [6.07, 6.45) is 3.73. The maximum Gasteiger partial charge on any atom is 0.259 e. The van der Waals surface area contributed by atoms with Crippen LogP contribution >= 0.6 is 11.6 Å². The zero-order valence-electron chi connectivity index (χ0n) is 15.2. The smallest absolute Gasteiger partial charge is 0.259 e. The van der Waals surface area contributed by atoms with Crippen LogP contribution in [0.1, 0.15) is 10.4 Å². The number of carbonyl (C=O) groups excluding carboxylic acids is 1. The van der Waals surface area contributed by atoms with Gasteiger partial charge in [0.25, 0.3) is 5.91 Å². The lowest BCUT2D eigenvalue weighted by atomic mass is 10.1. The molecule has 0 saturated heterocycles. The SMILES string of the molecule is COc1ccc(NC(=O)c2cc(Cl)c(-n3cccc3)cc2OC)c(OC)c1. The van der Waals surface area contributed by atoms with Crippen molar-refractivity contribution in [3.8, 4) is 22.9 Å². The summed E-state index contributed by atoms with van der Waals surface area (Å²) < 4.78 is 17.7. The van der Waals surface area contributed by atoms with Crippen molar-refractivity contribution in [1.82, 2.24) is 4.57 Å². The van der Waals surface area contributed by atoms with Crippen LogP contribution in [0.4, 0.5) is 5.69 Å². The molecule has 0 aliphatic heterocycles. The number of methoxy groups -OCH3 is 3. The van der Waals surface area contributed by atoms with Gasteiger partial charge in [0.05, 0.1) is 43.3 Å². The van der Waals surface area contributed by atoms with Crippen molar-refractivity contribution in [1.29, 1.82) is 0 Å². The first-order valence-electron chi connectivity index (χ1n) is 8.11. The Bertz CT molecular complexity index is 955. The van der Waals surface area contributed by atoms with Crippen molar-refractivity contribution in [2.75, 3.05) is 26.6 Å². The number of rotatable bonds is 6. The van der Waals surface area contributed by atoms with Gasteiger partial charge in [0, 0.05) is 24.5 Å². The Morgan fingerprint density at radius 1 is 0.963 bits per heavy atom. The van der Waals surface area contributed by atoms with Crippen LogP contribution in [0, 0.1) is 0 Å². The molecule has 27 heavy (non-hydrogen) atoms. The zero-order valence-corrected chi connectivity index (χ0v) is 15.9. The zero-order chi connectivity index (χ0) is 19.4. The van der Waals surface area contributed by atoms with Gasteiger partial charge in [-0.15, -0.1) is 0 Å². The van der Waals surface area contributed by atoms with Crippen molar-refractivity contribution in [2.24, 2.45) is 0 Å². The highest BCUT2D eigenvalue weighted by Gasteiger charge is 2.18. The number of ether oxygens (including phenoxy) is 3. The minimum absolute atomic E-state index is 0.316. The number of hydrogen-bond acceptors (Lipinski definition) is 4. The van der Waals surface area contributed by atoms with E-state index in [1.165, 1.54) is 14.2 Å². The quantitative estimate of drug-likeness (QED) is 0.681. The summed E-state index contributed by atoms with van der Waals surface area (Å²) in [6.45, 7) is 0. The summed E-state index contributed by atoms with van der Waals surface area (Å²) in [5.41, 5.74) is 1.55. The van der Waals surface area contributed by atoms with Gasteiger partial charge in [-0.3, -0.25) is 4.79 Å². The molecule has 2 aromatic carbocycles. The number of amides is 1. The summed E-state index contributed by atoms with van der Waals surface area (Å²) in [7, 11) is 4.59. The first kappa shape index (κ1) is 18.7. The van der Waals surface area contributed by atoms with E-state index in [2.05, 4.69) is 5.32 Å². The van der Waals surface area contributed by atoms with E-state index in [1.54, 1.807) is 37.4 Å². The fourth-order valence-corrected chi connectivity index (χ4v) is 2.93. The van der Waals surface area contributed by atoms with Crippen LogP contribution < -0.4 is 19.5 Å². The van der Waals surface area contributed by atoms with Crippen LogP contribution in [0.3, 0.4) is 0 Å². The molecule has 0 fully saturated rings. The highest BCUT2D eigenvalue weighted by atomic mass is 35.5. The number of aromatic nitrogens is 1. The van der Waals surface area contributed by atoms with Crippen LogP contribution in [0.25, 0.3) is 5.69 Å². The third kappa shape index (κ3) is 3.85. The van der Waals surface area contributed by atoms with Gasteiger partial charge in [-0.25, -0.2) is 0 Å². The van der Waals surface area contributed by atoms with Crippen molar-refractivity contribution >= 4 is 23.2 Å². The Kier molecular flexibility index (Phi) is 5.57. The molecule has 0 unspecified atom stereocenters. The number of nitrogens with one attached hydrogen (secondary N) is 1. The van der Waals surface area contributed by atoms with Gasteiger partial charge < -0.3 is 24.1 Å². The monoisotopic (exact) mass is 386 g/mol. The second-order valence-electron chi connectivity index (χ2n) is 5.61. The number of carbonyl (C=O) groups is 1. The maximum absolute atomic E-state index is 12.8. The molecule has 0 radical (unpaired) electrons. The van der Waals surface area contributed by atoms with Gasteiger partial charge in [0.2, 0.25) is 0 Å². The fourth-order valence-electron chi connectivity index (χ4n) is 2.67. The predicted octanol–water partition coefficient (Wildman–Crippen LogP) is 4.41. The van der Waals surface area contributed by atoms with E-state index >= 15 is 0 Å². The Hall–Kier alpha value is -3.12. The van der Waals surface area contributed by atoms with Gasteiger partial charge in [-0.1, -0.05) is 11.6 Å². The minimum atomic E-state index is -0.365. The molecular formula is C20H19ClN2O4. The molecule has 1 heterocycles. The topological polar surface area (TPSA) is 61.7 Å². The second kappa shape index (κ2) is 8.05. The van der Waals surface area contributed by atoms with Crippen molar-refractivity contribution < 1.29 is 19.0 Å². The average Bonchev–Trinajstić information content (AvgIpc) is 3.22. The molecule has 0 aliphatic carbocycles. The highest BCUT2D eigenvalue weighted by Crippen LogP contribution is 2.33. The van der Waals surface area contributed by atoms with Crippen LogP contribution in [-0.4, -0.2) is 31.8 Å². The molecule has 6 nitrogen and oxygen atoms in total. The summed E-state index contributed by atoms with van der Waals surface area (Å²) in [5, 5.41) is 3.25. The normalized spacial score (nSPS) is 10.4. The van der Waals surface area contributed by atoms with Crippen molar-refractivity contribution in [2.45, 2.75) is 0 Å². The first-order valence-corrected chi connectivity index (χ1v) is 8.49. The third-order valence-corrected chi connectivity index (χ3v) is 4.36. The van der Waals surface area contributed by atoms with E-state index in [0.717, 1.165) is 5.69 Å². The summed E-state index contributed by atoms with van der Waals surface area (Å²) in [6, 6.07) is 12.2. The van der Waals surface area contributed by atoms with E-state index in [9.17, 15) is 4.79 Å². The number of hydrogen-bond donors (Lipinski definition) is 1. The van der Waals surface area contributed by atoms with Gasteiger partial charge in [-0.2, -0.15) is 0 Å². The lowest BCUT2D eigenvalue weighted by Gasteiger charge is -2.15. The third-order valence-electron chi connectivity index (χ3n) is 4.05. The van der Waals surface area contributed by atoms with Gasteiger partial charge >= 0.3 is 0 Å². The largest absolute Gasteiger partial charge is 0.497 e. The van der Waals surface area contributed by atoms with E-state index in [1.807, 2.05) is 29.1 Å². The van der Waals surface area contributed by atoms with E-state index in [-0.39, 0.29) is 5.91 Å². The molecule has 140 valence electrons. The molecule has 1 amide bonds. The Morgan fingerprint density at radius 2 is 1.67 bits per heavy atom. The fraction of sp³-hybridized carbons (Fsp3) is 0.150. The lowest BCUT2D eigenvalue weighted by molar-refractivity contribution is 0.102. The molecule has 0 bridgehead atoms. The Balaban J connectivity index is 1.94. The minimum Gasteiger partial charge on any atom is -0.497 e. The first-order chi connectivity index (χ1) is 13.1. The number of halogens is 1. The average molecular weight is 387 g/mol. The molecular weight excluding hydrogens is 368 g/mol. The molecule has 1 aromatic heterocycles. The Labute approximate surface area is 162 Å². The molecule has 0 spiro atoms. The predicted molar refractivity (Wildman–Crippen MR) is 105 cm³/mol. The number of benzene rings is 2. The Morgan fingerprint density at radius 3 is 2.30 bits per heavy atom. The molecule has 7 heteroatoms. The number of nitrogens with zero attached hydrogens (tertiary/aromatic N) is 1. The molecule has 1 N–H and O–H groups in total. The molecule has 3 rings (SSSR count). The van der Waals surface area contributed by atoms with Gasteiger partial charge in [0.15, 0.2) is 0 Å². The number of anilines is 1. The highest BCUT2D eigenvalue weighted by molar-refractivity contribution is 6.33. The molecule has 0 saturated carbocycles. The molecule has 0 atom stereocenters. The van der Waals surface area contributed by atoms with Crippen molar-refractivity contribution in [3.63, 3.8) is 0 Å². The second-order valence-corrected chi connectivity index (χ2v) is 6.02. The summed E-state index contributed by atoms with van der Waals surface area (Å²) in [5.74, 6) is 1.16.